The predicted octanol–water partition coefficient (Wildman–Crippen LogP) is -0.617. The van der Waals surface area contributed by atoms with Crippen molar-refractivity contribution in [3.63, 3.8) is 0 Å². The second-order valence-corrected chi connectivity index (χ2v) is 5.26. The molecule has 96 valence electrons. The zero-order valence-electron chi connectivity index (χ0n) is 10.3. The third-order valence-corrected chi connectivity index (χ3v) is 3.33. The summed E-state index contributed by atoms with van der Waals surface area (Å²) < 4.78 is 0. The number of hydrogen-bond donors (Lipinski definition) is 2. The van der Waals surface area contributed by atoms with Crippen molar-refractivity contribution < 1.29 is 14.7 Å². The van der Waals surface area contributed by atoms with E-state index < -0.39 is 5.54 Å². The molecule has 0 radical (unpaired) electrons. The molecule has 2 saturated heterocycles. The van der Waals surface area contributed by atoms with Gasteiger partial charge in [0.15, 0.2) is 0 Å². The monoisotopic (exact) mass is 241 g/mol. The lowest BCUT2D eigenvalue weighted by molar-refractivity contribution is -0.130. The minimum atomic E-state index is -0.790. The van der Waals surface area contributed by atoms with Crippen LogP contribution in [0.1, 0.15) is 20.3 Å². The van der Waals surface area contributed by atoms with Gasteiger partial charge in [0.05, 0.1) is 6.10 Å². The molecular formula is C11H19N3O3. The summed E-state index contributed by atoms with van der Waals surface area (Å²) in [4.78, 5) is 26.8. The van der Waals surface area contributed by atoms with Crippen molar-refractivity contribution >= 4 is 11.9 Å². The number of carbonyl (C=O) groups is 2. The van der Waals surface area contributed by atoms with E-state index >= 15 is 0 Å². The highest BCUT2D eigenvalue weighted by molar-refractivity contribution is 6.06. The molecule has 0 bridgehead atoms. The Bertz CT molecular complexity index is 343. The normalized spacial score (nSPS) is 28.9. The van der Waals surface area contributed by atoms with Crippen molar-refractivity contribution in [3.05, 3.63) is 0 Å². The number of amides is 3. The van der Waals surface area contributed by atoms with Gasteiger partial charge in [-0.2, -0.15) is 0 Å². The summed E-state index contributed by atoms with van der Waals surface area (Å²) in [6.45, 7) is 5.88. The van der Waals surface area contributed by atoms with Crippen LogP contribution in [0.5, 0.6) is 0 Å². The van der Waals surface area contributed by atoms with Gasteiger partial charge in [0.25, 0.3) is 5.91 Å². The number of imide groups is 1. The van der Waals surface area contributed by atoms with E-state index in [1.807, 2.05) is 0 Å². The lowest BCUT2D eigenvalue weighted by Gasteiger charge is -2.20. The highest BCUT2D eigenvalue weighted by atomic mass is 16.3. The van der Waals surface area contributed by atoms with Gasteiger partial charge in [-0.1, -0.05) is 0 Å². The van der Waals surface area contributed by atoms with Crippen LogP contribution in [0, 0.1) is 0 Å². The Kier molecular flexibility index (Phi) is 3.09. The quantitative estimate of drug-likeness (QED) is 0.646. The van der Waals surface area contributed by atoms with Crippen LogP contribution >= 0.6 is 0 Å². The van der Waals surface area contributed by atoms with Gasteiger partial charge in [-0.05, 0) is 20.3 Å². The maximum absolute atomic E-state index is 11.9. The predicted molar refractivity (Wildman–Crippen MR) is 61.4 cm³/mol. The first-order valence-corrected chi connectivity index (χ1v) is 5.95. The topological polar surface area (TPSA) is 72.9 Å². The Hall–Kier alpha value is -1.14. The standard InChI is InChI=1S/C11H19N3O3/c1-11(2)9(16)14(10(17)12-11)6-5-13-4-3-8(15)7-13/h8,15H,3-7H2,1-2H3,(H,12,17)/t8-/m0/s1. The van der Waals surface area contributed by atoms with Crippen LogP contribution in [-0.2, 0) is 4.79 Å². The number of carbonyl (C=O) groups excluding carboxylic acids is 2. The number of aliphatic hydroxyl groups excluding tert-OH is 1. The molecule has 2 N–H and O–H groups in total. The fourth-order valence-corrected chi connectivity index (χ4v) is 2.28. The third kappa shape index (κ3) is 2.42. The lowest BCUT2D eigenvalue weighted by atomic mass is 10.1. The number of nitrogens with one attached hydrogen (secondary N) is 1. The summed E-state index contributed by atoms with van der Waals surface area (Å²) in [5.41, 5.74) is -0.790. The Morgan fingerprint density at radius 2 is 2.12 bits per heavy atom. The number of hydrogen-bond acceptors (Lipinski definition) is 4. The molecule has 0 saturated carbocycles. The molecule has 6 nitrogen and oxygen atoms in total. The fraction of sp³-hybridized carbons (Fsp3) is 0.818. The Labute approximate surface area is 101 Å². The summed E-state index contributed by atoms with van der Waals surface area (Å²) in [5, 5.41) is 12.0. The summed E-state index contributed by atoms with van der Waals surface area (Å²) in [6, 6.07) is -0.320. The van der Waals surface area contributed by atoms with Crippen molar-refractivity contribution in [1.29, 1.82) is 0 Å². The van der Waals surface area contributed by atoms with E-state index in [2.05, 4.69) is 10.2 Å². The van der Waals surface area contributed by atoms with E-state index in [0.29, 0.717) is 19.6 Å². The van der Waals surface area contributed by atoms with Crippen LogP contribution in [0.3, 0.4) is 0 Å². The van der Waals surface area contributed by atoms with E-state index in [4.69, 9.17) is 0 Å². The van der Waals surface area contributed by atoms with Gasteiger partial charge in [-0.25, -0.2) is 4.79 Å². The molecule has 1 atom stereocenters. The van der Waals surface area contributed by atoms with Crippen LogP contribution in [0.15, 0.2) is 0 Å². The van der Waals surface area contributed by atoms with Crippen LogP contribution in [0.25, 0.3) is 0 Å². The highest BCUT2D eigenvalue weighted by Gasteiger charge is 2.44. The zero-order chi connectivity index (χ0) is 12.6. The largest absolute Gasteiger partial charge is 0.392 e. The number of urea groups is 1. The van der Waals surface area contributed by atoms with Gasteiger partial charge in [0.2, 0.25) is 0 Å². The average molecular weight is 241 g/mol. The maximum atomic E-state index is 11.9. The fourth-order valence-electron chi connectivity index (χ4n) is 2.28. The minimum Gasteiger partial charge on any atom is -0.392 e. The molecule has 0 aromatic rings. The molecule has 17 heavy (non-hydrogen) atoms. The average Bonchev–Trinajstić information content (AvgIpc) is 2.70. The summed E-state index contributed by atoms with van der Waals surface area (Å²) in [7, 11) is 0. The third-order valence-electron chi connectivity index (χ3n) is 3.33. The number of nitrogens with zero attached hydrogens (tertiary/aromatic N) is 2. The minimum absolute atomic E-state index is 0.178. The molecule has 3 amide bonds. The second kappa shape index (κ2) is 4.27. The highest BCUT2D eigenvalue weighted by Crippen LogP contribution is 2.17. The molecule has 2 aliphatic heterocycles. The van der Waals surface area contributed by atoms with Gasteiger partial charge in [-0.3, -0.25) is 14.6 Å². The van der Waals surface area contributed by atoms with Gasteiger partial charge in [0.1, 0.15) is 5.54 Å². The second-order valence-electron chi connectivity index (χ2n) is 5.26. The SMILES string of the molecule is CC1(C)NC(=O)N(CCN2CC[C@H](O)C2)C1=O. The summed E-state index contributed by atoms with van der Waals surface area (Å²) in [6.07, 6.45) is 0.501. The van der Waals surface area contributed by atoms with Crippen LogP contribution in [-0.4, -0.2) is 64.7 Å². The van der Waals surface area contributed by atoms with Gasteiger partial charge >= 0.3 is 6.03 Å². The molecule has 2 rings (SSSR count). The number of rotatable bonds is 3. The van der Waals surface area contributed by atoms with Gasteiger partial charge in [0, 0.05) is 26.2 Å². The lowest BCUT2D eigenvalue weighted by Crippen LogP contribution is -2.41. The molecule has 6 heteroatoms. The van der Waals surface area contributed by atoms with E-state index in [-0.39, 0.29) is 18.0 Å². The zero-order valence-corrected chi connectivity index (χ0v) is 10.3. The van der Waals surface area contributed by atoms with Gasteiger partial charge in [-0.15, -0.1) is 0 Å². The van der Waals surface area contributed by atoms with E-state index in [1.165, 1.54) is 4.90 Å². The molecular weight excluding hydrogens is 222 g/mol. The Balaban J connectivity index is 1.87. The molecule has 0 aliphatic carbocycles. The molecule has 2 fully saturated rings. The van der Waals surface area contributed by atoms with Crippen molar-refractivity contribution in [2.75, 3.05) is 26.2 Å². The van der Waals surface area contributed by atoms with Crippen LogP contribution in [0.2, 0.25) is 0 Å². The summed E-state index contributed by atoms with van der Waals surface area (Å²) in [5.74, 6) is -0.178. The molecule has 0 unspecified atom stereocenters. The van der Waals surface area contributed by atoms with E-state index in [1.54, 1.807) is 13.8 Å². The number of aliphatic hydroxyl groups is 1. The van der Waals surface area contributed by atoms with Gasteiger partial charge < -0.3 is 10.4 Å². The summed E-state index contributed by atoms with van der Waals surface area (Å²) >= 11 is 0. The first-order valence-electron chi connectivity index (χ1n) is 5.95. The molecule has 0 spiro atoms. The Morgan fingerprint density at radius 3 is 2.59 bits per heavy atom. The van der Waals surface area contributed by atoms with Crippen LogP contribution in [0.4, 0.5) is 4.79 Å². The molecule has 2 heterocycles. The first kappa shape index (κ1) is 12.3. The van der Waals surface area contributed by atoms with Crippen LogP contribution < -0.4 is 5.32 Å². The smallest absolute Gasteiger partial charge is 0.325 e. The van der Waals surface area contributed by atoms with E-state index in [9.17, 15) is 14.7 Å². The molecule has 2 aliphatic rings. The van der Waals surface area contributed by atoms with Crippen molar-refractivity contribution in [3.8, 4) is 0 Å². The number of β-amino-alcohol motifs (C(OH)–C–C–N with tert-alkyl or cyclic N) is 1. The Morgan fingerprint density at radius 1 is 1.41 bits per heavy atom. The maximum Gasteiger partial charge on any atom is 0.325 e. The molecule has 0 aromatic heterocycles. The van der Waals surface area contributed by atoms with E-state index in [0.717, 1.165) is 13.0 Å². The van der Waals surface area contributed by atoms with Crippen molar-refractivity contribution in [2.45, 2.75) is 31.9 Å². The van der Waals surface area contributed by atoms with Crippen molar-refractivity contribution in [1.82, 2.24) is 15.1 Å². The van der Waals surface area contributed by atoms with Crippen molar-refractivity contribution in [2.24, 2.45) is 0 Å². The first-order chi connectivity index (χ1) is 7.90. The molecule has 0 aromatic carbocycles. The number of likely N-dealkylation sites (tertiary alicyclic amines) is 1.